The maximum atomic E-state index is 11.8. The van der Waals surface area contributed by atoms with Gasteiger partial charge in [-0.25, -0.2) is 16.8 Å². The Morgan fingerprint density at radius 1 is 1.05 bits per heavy atom. The molecule has 0 atom stereocenters. The highest BCUT2D eigenvalue weighted by atomic mass is 32.2. The van der Waals surface area contributed by atoms with E-state index in [1.807, 2.05) is 0 Å². The first-order valence-corrected chi connectivity index (χ1v) is 9.88. The molecule has 0 radical (unpaired) electrons. The van der Waals surface area contributed by atoms with E-state index in [-0.39, 0.29) is 15.4 Å². The van der Waals surface area contributed by atoms with Gasteiger partial charge >= 0.3 is 0 Å². The van der Waals surface area contributed by atoms with Gasteiger partial charge in [-0.1, -0.05) is 0 Å². The highest BCUT2D eigenvalue weighted by molar-refractivity contribution is 7.91. The van der Waals surface area contributed by atoms with Gasteiger partial charge in [-0.2, -0.15) is 0 Å². The van der Waals surface area contributed by atoms with E-state index in [0.717, 1.165) is 23.3 Å². The van der Waals surface area contributed by atoms with E-state index < -0.39 is 25.2 Å². The molecule has 0 heterocycles. The van der Waals surface area contributed by atoms with Gasteiger partial charge in [-0.05, 0) is 22.9 Å². The first-order valence-electron chi connectivity index (χ1n) is 6.10. The maximum Gasteiger partial charge on any atom is 0.224 e. The molecule has 6 nitrogen and oxygen atoms in total. The molecule has 1 aromatic carbocycles. The molecule has 0 aliphatic rings. The van der Waals surface area contributed by atoms with E-state index in [1.165, 1.54) is 18.3 Å². The highest BCUT2D eigenvalue weighted by Crippen LogP contribution is 2.20. The van der Waals surface area contributed by atoms with Crippen LogP contribution in [0, 0.1) is 0 Å². The lowest BCUT2D eigenvalue weighted by molar-refractivity contribution is -0.816. The number of rotatable bonds is 3. The topological polar surface area (TPSA) is 91.5 Å². The molecule has 0 bridgehead atoms. The Balaban J connectivity index is 3.63. The molecule has 0 spiro atoms. The zero-order valence-electron chi connectivity index (χ0n) is 12.7. The standard InChI is InChI=1S/C13H20NO5S2/c1-13(2,3)14(15)9-10-6-7-11(20(4,16)17)8-12(10)21(5,18)19/h6-9,15H,1-5H3/q+1/b14-9-. The molecule has 0 saturated carbocycles. The van der Waals surface area contributed by atoms with Gasteiger partial charge in [0.1, 0.15) is 0 Å². The summed E-state index contributed by atoms with van der Waals surface area (Å²) in [5.74, 6) is 0. The molecule has 0 unspecified atom stereocenters. The monoisotopic (exact) mass is 334 g/mol. The number of hydrogen-bond donors (Lipinski definition) is 1. The predicted molar refractivity (Wildman–Crippen MR) is 79.6 cm³/mol. The summed E-state index contributed by atoms with van der Waals surface area (Å²) in [5, 5.41) is 9.92. The van der Waals surface area contributed by atoms with Crippen LogP contribution in [-0.4, -0.2) is 51.0 Å². The van der Waals surface area contributed by atoms with Gasteiger partial charge in [0.2, 0.25) is 11.8 Å². The minimum absolute atomic E-state index is 0.0830. The lowest BCUT2D eigenvalue weighted by Crippen LogP contribution is -2.31. The predicted octanol–water partition coefficient (Wildman–Crippen LogP) is 1.11. The van der Waals surface area contributed by atoms with Gasteiger partial charge in [0.25, 0.3) is 0 Å². The first-order chi connectivity index (χ1) is 9.23. The molecule has 1 N–H and O–H groups in total. The molecule has 0 fully saturated rings. The van der Waals surface area contributed by atoms with Crippen LogP contribution in [0.25, 0.3) is 0 Å². The number of hydrogen-bond acceptors (Lipinski definition) is 5. The summed E-state index contributed by atoms with van der Waals surface area (Å²) in [4.78, 5) is -0.228. The lowest BCUT2D eigenvalue weighted by atomic mass is 10.1. The second-order valence-electron chi connectivity index (χ2n) is 5.89. The van der Waals surface area contributed by atoms with Gasteiger partial charge < -0.3 is 0 Å². The number of hydroxylamine groups is 1. The van der Waals surface area contributed by atoms with Crippen molar-refractivity contribution in [1.29, 1.82) is 0 Å². The largest absolute Gasteiger partial charge is 0.290 e. The van der Waals surface area contributed by atoms with E-state index in [4.69, 9.17) is 0 Å². The first kappa shape index (κ1) is 17.6. The van der Waals surface area contributed by atoms with E-state index in [9.17, 15) is 22.0 Å². The lowest BCUT2D eigenvalue weighted by Gasteiger charge is -2.10. The molecule has 21 heavy (non-hydrogen) atoms. The molecule has 0 aliphatic heterocycles. The average Bonchev–Trinajstić information content (AvgIpc) is 2.25. The molecule has 0 saturated heterocycles. The fraction of sp³-hybridized carbons (Fsp3) is 0.462. The van der Waals surface area contributed by atoms with Crippen LogP contribution in [0.2, 0.25) is 0 Å². The molecule has 8 heteroatoms. The molecule has 0 amide bonds. The van der Waals surface area contributed by atoms with Crippen LogP contribution in [0.3, 0.4) is 0 Å². The molecule has 1 rings (SSSR count). The SMILES string of the molecule is CC(C)(C)/[N+](O)=C/c1ccc(S(C)(=O)=O)cc1S(C)(=O)=O. The normalized spacial score (nSPS) is 14.2. The number of sulfone groups is 2. The molecular formula is C13H20NO5S2+. The summed E-state index contributed by atoms with van der Waals surface area (Å²) in [6, 6.07) is 3.78. The van der Waals surface area contributed by atoms with Crippen LogP contribution >= 0.6 is 0 Å². The van der Waals surface area contributed by atoms with Crippen molar-refractivity contribution in [1.82, 2.24) is 0 Å². The summed E-state index contributed by atoms with van der Waals surface area (Å²) < 4.78 is 47.7. The Labute approximate surface area is 125 Å². The molecule has 0 aliphatic carbocycles. The average molecular weight is 334 g/mol. The van der Waals surface area contributed by atoms with Crippen LogP contribution in [0.1, 0.15) is 26.3 Å². The Kier molecular flexibility index (Phi) is 4.55. The van der Waals surface area contributed by atoms with E-state index in [0.29, 0.717) is 0 Å². The maximum absolute atomic E-state index is 11.8. The van der Waals surface area contributed by atoms with Crippen molar-refractivity contribution >= 4 is 25.9 Å². The fourth-order valence-corrected chi connectivity index (χ4v) is 3.11. The summed E-state index contributed by atoms with van der Waals surface area (Å²) >= 11 is 0. The van der Waals surface area contributed by atoms with Crippen molar-refractivity contribution in [2.45, 2.75) is 36.1 Å². The van der Waals surface area contributed by atoms with E-state index in [1.54, 1.807) is 20.8 Å². The third-order valence-corrected chi connectivity index (χ3v) is 5.02. The third-order valence-electron chi connectivity index (χ3n) is 2.76. The Morgan fingerprint density at radius 3 is 1.95 bits per heavy atom. The van der Waals surface area contributed by atoms with Crippen molar-refractivity contribution in [3.63, 3.8) is 0 Å². The minimum atomic E-state index is -3.64. The summed E-state index contributed by atoms with van der Waals surface area (Å²) in [5.41, 5.74) is -0.396. The minimum Gasteiger partial charge on any atom is -0.290 e. The highest BCUT2D eigenvalue weighted by Gasteiger charge is 2.26. The zero-order valence-corrected chi connectivity index (χ0v) is 14.3. The summed E-state index contributed by atoms with van der Waals surface area (Å²) in [7, 11) is -7.15. The van der Waals surface area contributed by atoms with Gasteiger partial charge in [0.05, 0.1) is 15.4 Å². The smallest absolute Gasteiger partial charge is 0.224 e. The summed E-state index contributed by atoms with van der Waals surface area (Å²) in [6.45, 7) is 5.23. The van der Waals surface area contributed by atoms with Crippen LogP contribution in [0.15, 0.2) is 28.0 Å². The Hall–Kier alpha value is -1.41. The van der Waals surface area contributed by atoms with Crippen molar-refractivity contribution < 1.29 is 26.8 Å². The van der Waals surface area contributed by atoms with Gasteiger partial charge in [-0.3, -0.25) is 5.21 Å². The van der Waals surface area contributed by atoms with Crippen LogP contribution in [0.4, 0.5) is 0 Å². The third kappa shape index (κ3) is 4.53. The summed E-state index contributed by atoms with van der Waals surface area (Å²) in [6.07, 6.45) is 3.26. The van der Waals surface area contributed by atoms with Crippen LogP contribution in [0.5, 0.6) is 0 Å². The van der Waals surface area contributed by atoms with Gasteiger partial charge in [0.15, 0.2) is 19.7 Å². The van der Waals surface area contributed by atoms with E-state index in [2.05, 4.69) is 0 Å². The molecule has 1 aromatic rings. The van der Waals surface area contributed by atoms with Crippen molar-refractivity contribution in [2.24, 2.45) is 0 Å². The molecule has 0 aromatic heterocycles. The molecular weight excluding hydrogens is 314 g/mol. The Bertz CT molecular complexity index is 784. The van der Waals surface area contributed by atoms with Gasteiger partial charge in [-0.15, -0.1) is 0 Å². The van der Waals surface area contributed by atoms with Crippen LogP contribution in [-0.2, 0) is 19.7 Å². The second kappa shape index (κ2) is 5.42. The number of nitrogens with zero attached hydrogens (tertiary/aromatic N) is 1. The van der Waals surface area contributed by atoms with Crippen molar-refractivity contribution in [2.75, 3.05) is 12.5 Å². The number of benzene rings is 1. The van der Waals surface area contributed by atoms with Crippen LogP contribution < -0.4 is 0 Å². The van der Waals surface area contributed by atoms with Crippen molar-refractivity contribution in [3.05, 3.63) is 23.8 Å². The van der Waals surface area contributed by atoms with Crippen molar-refractivity contribution in [3.8, 4) is 0 Å². The Morgan fingerprint density at radius 2 is 1.57 bits per heavy atom. The van der Waals surface area contributed by atoms with E-state index >= 15 is 0 Å². The quantitative estimate of drug-likeness (QED) is 0.387. The van der Waals surface area contributed by atoms with Gasteiger partial charge in [0, 0.05) is 33.3 Å². The molecule has 118 valence electrons. The zero-order chi connectivity index (χ0) is 16.6. The second-order valence-corrected chi connectivity index (χ2v) is 9.89. The fourth-order valence-electron chi connectivity index (χ4n) is 1.50.